The van der Waals surface area contributed by atoms with Gasteiger partial charge in [0.2, 0.25) is 0 Å². The van der Waals surface area contributed by atoms with E-state index in [9.17, 15) is 0 Å². The smallest absolute Gasteiger partial charge is 0.195 e. The molecule has 1 heterocycles. The molecule has 2 N–H and O–H groups in total. The Labute approximate surface area is 166 Å². The summed E-state index contributed by atoms with van der Waals surface area (Å²) in [7, 11) is 1.76. The van der Waals surface area contributed by atoms with Crippen molar-refractivity contribution in [3.05, 3.63) is 53.6 Å². The van der Waals surface area contributed by atoms with Gasteiger partial charge in [-0.05, 0) is 37.1 Å². The Bertz CT molecular complexity index is 805. The molecule has 0 bridgehead atoms. The molecule has 0 fully saturated rings. The van der Waals surface area contributed by atoms with Crippen LogP contribution in [0.15, 0.2) is 47.5 Å². The van der Waals surface area contributed by atoms with Crippen molar-refractivity contribution >= 4 is 11.6 Å². The first-order valence-electron chi connectivity index (χ1n) is 9.71. The number of aliphatic imine (C=N–C) groups is 1. The molecule has 0 unspecified atom stereocenters. The van der Waals surface area contributed by atoms with Crippen molar-refractivity contribution < 1.29 is 14.2 Å². The van der Waals surface area contributed by atoms with Crippen LogP contribution in [0.1, 0.15) is 31.4 Å². The van der Waals surface area contributed by atoms with E-state index >= 15 is 0 Å². The third kappa shape index (κ3) is 5.89. The third-order valence-corrected chi connectivity index (χ3v) is 4.27. The highest BCUT2D eigenvalue weighted by atomic mass is 16.5. The lowest BCUT2D eigenvalue weighted by Gasteiger charge is -2.14. The molecule has 1 aliphatic heterocycles. The number of fused-ring (bicyclic) bond motifs is 1. The van der Waals surface area contributed by atoms with Gasteiger partial charge in [-0.15, -0.1) is 0 Å². The van der Waals surface area contributed by atoms with Crippen LogP contribution in [0.3, 0.4) is 0 Å². The summed E-state index contributed by atoms with van der Waals surface area (Å²) in [6, 6.07) is 14.2. The Balaban J connectivity index is 1.58. The monoisotopic (exact) mass is 383 g/mol. The molecule has 3 rings (SSSR count). The molecule has 0 spiro atoms. The summed E-state index contributed by atoms with van der Waals surface area (Å²) in [5.41, 5.74) is 3.24. The number of hydrogen-bond donors (Lipinski definition) is 2. The van der Waals surface area contributed by atoms with Crippen LogP contribution in [-0.2, 0) is 17.9 Å². The molecule has 6 nitrogen and oxygen atoms in total. The molecule has 1 aliphatic rings. The first-order valence-corrected chi connectivity index (χ1v) is 9.71. The maximum absolute atomic E-state index is 5.75. The number of nitrogens with one attached hydrogen (secondary N) is 2. The minimum absolute atomic E-state index is 0.222. The number of hydrogen-bond acceptors (Lipinski definition) is 4. The van der Waals surface area contributed by atoms with E-state index in [-0.39, 0.29) is 6.10 Å². The Hall–Kier alpha value is -2.73. The minimum Gasteiger partial charge on any atom is -0.490 e. The number of benzene rings is 2. The quantitative estimate of drug-likeness (QED) is 0.584. The fraction of sp³-hybridized carbons (Fsp3) is 0.409. The molecule has 0 atom stereocenters. The Kier molecular flexibility index (Phi) is 7.14. The van der Waals surface area contributed by atoms with Gasteiger partial charge in [0.05, 0.1) is 25.9 Å². The average Bonchev–Trinajstić information content (AvgIpc) is 2.95. The fourth-order valence-electron chi connectivity index (χ4n) is 2.83. The van der Waals surface area contributed by atoms with Crippen molar-refractivity contribution in [3.8, 4) is 11.5 Å². The maximum Gasteiger partial charge on any atom is 0.195 e. The van der Waals surface area contributed by atoms with Crippen molar-refractivity contribution in [1.82, 2.24) is 5.32 Å². The lowest BCUT2D eigenvalue weighted by atomic mass is 10.1. The molecule has 0 amide bonds. The van der Waals surface area contributed by atoms with Gasteiger partial charge in [-0.2, -0.15) is 0 Å². The molecular weight excluding hydrogens is 354 g/mol. The van der Waals surface area contributed by atoms with Gasteiger partial charge >= 0.3 is 0 Å². The Morgan fingerprint density at radius 2 is 1.86 bits per heavy atom. The number of nitrogens with zero attached hydrogens (tertiary/aromatic N) is 1. The summed E-state index contributed by atoms with van der Waals surface area (Å²) in [5, 5.41) is 6.65. The molecule has 0 saturated carbocycles. The SMILES string of the molecule is CN=C(NCc1cccc(COC(C)C)c1)Nc1ccc2c(c1)OCCCO2. The van der Waals surface area contributed by atoms with Gasteiger partial charge in [0, 0.05) is 31.8 Å². The van der Waals surface area contributed by atoms with E-state index < -0.39 is 0 Å². The van der Waals surface area contributed by atoms with E-state index in [0.29, 0.717) is 32.3 Å². The molecule has 150 valence electrons. The molecule has 0 aromatic heterocycles. The third-order valence-electron chi connectivity index (χ3n) is 4.27. The lowest BCUT2D eigenvalue weighted by molar-refractivity contribution is 0.0657. The van der Waals surface area contributed by atoms with Crippen molar-refractivity contribution in [3.63, 3.8) is 0 Å². The summed E-state index contributed by atoms with van der Waals surface area (Å²) in [6.07, 6.45) is 1.11. The van der Waals surface area contributed by atoms with Crippen LogP contribution in [0.4, 0.5) is 5.69 Å². The number of ether oxygens (including phenoxy) is 3. The number of guanidine groups is 1. The molecule has 2 aromatic rings. The summed E-state index contributed by atoms with van der Waals surface area (Å²) in [4.78, 5) is 4.31. The van der Waals surface area contributed by atoms with Gasteiger partial charge in [0.15, 0.2) is 17.5 Å². The van der Waals surface area contributed by atoms with Crippen LogP contribution in [0, 0.1) is 0 Å². The van der Waals surface area contributed by atoms with Gasteiger partial charge in [-0.3, -0.25) is 4.99 Å². The van der Waals surface area contributed by atoms with E-state index in [4.69, 9.17) is 14.2 Å². The van der Waals surface area contributed by atoms with Gasteiger partial charge in [0.1, 0.15) is 0 Å². The van der Waals surface area contributed by atoms with Crippen LogP contribution in [0.2, 0.25) is 0 Å². The molecule has 0 saturated heterocycles. The van der Waals surface area contributed by atoms with E-state index in [1.165, 1.54) is 11.1 Å². The molecule has 28 heavy (non-hydrogen) atoms. The lowest BCUT2D eigenvalue weighted by Crippen LogP contribution is -2.30. The summed E-state index contributed by atoms with van der Waals surface area (Å²) >= 11 is 0. The van der Waals surface area contributed by atoms with Gasteiger partial charge in [0.25, 0.3) is 0 Å². The molecule has 6 heteroatoms. The normalized spacial score (nSPS) is 13.9. The zero-order valence-electron chi connectivity index (χ0n) is 16.8. The fourth-order valence-corrected chi connectivity index (χ4v) is 2.83. The second-order valence-electron chi connectivity index (χ2n) is 6.94. The summed E-state index contributed by atoms with van der Waals surface area (Å²) < 4.78 is 17.1. The Morgan fingerprint density at radius 1 is 1.07 bits per heavy atom. The van der Waals surface area contributed by atoms with Crippen LogP contribution >= 0.6 is 0 Å². The van der Waals surface area contributed by atoms with Crippen molar-refractivity contribution in [2.24, 2.45) is 4.99 Å². The largest absolute Gasteiger partial charge is 0.490 e. The average molecular weight is 383 g/mol. The highest BCUT2D eigenvalue weighted by molar-refractivity contribution is 5.93. The van der Waals surface area contributed by atoms with Gasteiger partial charge < -0.3 is 24.8 Å². The second-order valence-corrected chi connectivity index (χ2v) is 6.94. The molecule has 0 aliphatic carbocycles. The maximum atomic E-state index is 5.75. The predicted molar refractivity (Wildman–Crippen MR) is 112 cm³/mol. The summed E-state index contributed by atoms with van der Waals surface area (Å²) in [6.45, 7) is 6.72. The molecule has 0 radical (unpaired) electrons. The first kappa shape index (κ1) is 20.0. The van der Waals surface area contributed by atoms with Gasteiger partial charge in [-0.1, -0.05) is 24.3 Å². The number of anilines is 1. The van der Waals surface area contributed by atoms with Crippen molar-refractivity contribution in [2.75, 3.05) is 25.6 Å². The van der Waals surface area contributed by atoms with E-state index in [0.717, 1.165) is 23.6 Å². The Morgan fingerprint density at radius 3 is 2.64 bits per heavy atom. The van der Waals surface area contributed by atoms with E-state index in [2.05, 4.69) is 39.9 Å². The zero-order valence-corrected chi connectivity index (χ0v) is 16.8. The van der Waals surface area contributed by atoms with Crippen LogP contribution in [0.5, 0.6) is 11.5 Å². The standard InChI is InChI=1S/C22H29N3O3/c1-16(2)28-15-18-7-4-6-17(12-18)14-24-22(23-3)25-19-8-9-20-21(13-19)27-11-5-10-26-20/h4,6-9,12-13,16H,5,10-11,14-15H2,1-3H3,(H2,23,24,25). The van der Waals surface area contributed by atoms with Crippen molar-refractivity contribution in [2.45, 2.75) is 39.5 Å². The first-order chi connectivity index (χ1) is 13.6. The van der Waals surface area contributed by atoms with E-state index in [1.54, 1.807) is 7.05 Å². The minimum atomic E-state index is 0.222. The van der Waals surface area contributed by atoms with Crippen LogP contribution in [0.25, 0.3) is 0 Å². The zero-order chi connectivity index (χ0) is 19.8. The predicted octanol–water partition coefficient (Wildman–Crippen LogP) is 3.96. The summed E-state index contributed by atoms with van der Waals surface area (Å²) in [5.74, 6) is 2.24. The van der Waals surface area contributed by atoms with Crippen LogP contribution < -0.4 is 20.1 Å². The van der Waals surface area contributed by atoms with Crippen molar-refractivity contribution in [1.29, 1.82) is 0 Å². The number of rotatable bonds is 6. The van der Waals surface area contributed by atoms with Crippen LogP contribution in [-0.4, -0.2) is 32.3 Å². The highest BCUT2D eigenvalue weighted by Gasteiger charge is 2.11. The second kappa shape index (κ2) is 9.99. The van der Waals surface area contributed by atoms with Gasteiger partial charge in [-0.25, -0.2) is 0 Å². The molecule has 2 aromatic carbocycles. The topological polar surface area (TPSA) is 64.1 Å². The van der Waals surface area contributed by atoms with E-state index in [1.807, 2.05) is 32.0 Å². The molecular formula is C22H29N3O3. The highest BCUT2D eigenvalue weighted by Crippen LogP contribution is 2.32.